The molecule has 0 aromatic carbocycles. The van der Waals surface area contributed by atoms with Crippen LogP contribution in [0.4, 0.5) is 0 Å². The molecule has 16 heavy (non-hydrogen) atoms. The van der Waals surface area contributed by atoms with Gasteiger partial charge in [0.2, 0.25) is 0 Å². The van der Waals surface area contributed by atoms with Gasteiger partial charge >= 0.3 is 0 Å². The maximum absolute atomic E-state index is 3.57. The molecule has 0 saturated carbocycles. The molecule has 1 rings (SSSR count). The van der Waals surface area contributed by atoms with E-state index in [1.807, 2.05) is 11.3 Å². The third kappa shape index (κ3) is 3.33. The van der Waals surface area contributed by atoms with E-state index in [0.717, 1.165) is 6.54 Å². The first-order valence-corrected chi connectivity index (χ1v) is 7.01. The number of nitrogens with one attached hydrogen (secondary N) is 1. The fraction of sp³-hybridized carbons (Fsp3) is 0.714. The van der Waals surface area contributed by atoms with Crippen LogP contribution in [-0.4, -0.2) is 6.54 Å². The van der Waals surface area contributed by atoms with Gasteiger partial charge in [0.05, 0.1) is 0 Å². The largest absolute Gasteiger partial charge is 0.309 e. The summed E-state index contributed by atoms with van der Waals surface area (Å²) >= 11 is 1.95. The van der Waals surface area contributed by atoms with E-state index in [2.05, 4.69) is 59.0 Å². The molecule has 1 heterocycles. The predicted octanol–water partition coefficient (Wildman–Crippen LogP) is 4.35. The highest BCUT2D eigenvalue weighted by Gasteiger charge is 2.21. The van der Waals surface area contributed by atoms with Crippen LogP contribution in [0.2, 0.25) is 0 Å². The summed E-state index contributed by atoms with van der Waals surface area (Å²) in [5, 5.41) is 3.57. The van der Waals surface area contributed by atoms with Crippen molar-refractivity contribution in [2.45, 2.75) is 53.0 Å². The maximum Gasteiger partial charge on any atom is 0.0438 e. The molecule has 0 bridgehead atoms. The Labute approximate surface area is 104 Å². The SMILES string of the molecule is CCNC(c1ccc(C(C)(C)C)s1)C(C)C. The Morgan fingerprint density at radius 2 is 1.88 bits per heavy atom. The summed E-state index contributed by atoms with van der Waals surface area (Å²) in [5.74, 6) is 0.645. The Hall–Kier alpha value is -0.340. The highest BCUT2D eigenvalue weighted by Crippen LogP contribution is 2.34. The van der Waals surface area contributed by atoms with Crippen molar-refractivity contribution in [2.75, 3.05) is 6.54 Å². The minimum absolute atomic E-state index is 0.274. The first-order chi connectivity index (χ1) is 7.36. The van der Waals surface area contributed by atoms with Crippen LogP contribution in [0.1, 0.15) is 57.3 Å². The van der Waals surface area contributed by atoms with Gasteiger partial charge in [-0.2, -0.15) is 0 Å². The highest BCUT2D eigenvalue weighted by molar-refractivity contribution is 7.12. The van der Waals surface area contributed by atoms with Crippen molar-refractivity contribution in [3.63, 3.8) is 0 Å². The topological polar surface area (TPSA) is 12.0 Å². The zero-order valence-corrected chi connectivity index (χ0v) is 12.2. The van der Waals surface area contributed by atoms with Gasteiger partial charge in [-0.25, -0.2) is 0 Å². The lowest BCUT2D eigenvalue weighted by atomic mass is 9.95. The molecule has 1 nitrogen and oxygen atoms in total. The van der Waals surface area contributed by atoms with Crippen molar-refractivity contribution in [3.05, 3.63) is 21.9 Å². The van der Waals surface area contributed by atoms with Gasteiger partial charge in [0.15, 0.2) is 0 Å². The van der Waals surface area contributed by atoms with Crippen molar-refractivity contribution < 1.29 is 0 Å². The molecule has 0 aliphatic heterocycles. The maximum atomic E-state index is 3.57. The summed E-state index contributed by atoms with van der Waals surface area (Å²) in [5.41, 5.74) is 0.274. The number of thiophene rings is 1. The highest BCUT2D eigenvalue weighted by atomic mass is 32.1. The van der Waals surface area contributed by atoms with Crippen LogP contribution in [0.5, 0.6) is 0 Å². The molecule has 0 amide bonds. The van der Waals surface area contributed by atoms with E-state index < -0.39 is 0 Å². The number of hydrogen-bond donors (Lipinski definition) is 1. The molecule has 0 radical (unpaired) electrons. The Morgan fingerprint density at radius 1 is 1.25 bits per heavy atom. The summed E-state index contributed by atoms with van der Waals surface area (Å²) in [6.45, 7) is 14.6. The second-order valence-corrected chi connectivity index (χ2v) is 6.85. The second-order valence-electron chi connectivity index (χ2n) is 5.73. The minimum atomic E-state index is 0.274. The van der Waals surface area contributed by atoms with E-state index >= 15 is 0 Å². The van der Waals surface area contributed by atoms with Crippen molar-refractivity contribution in [3.8, 4) is 0 Å². The Morgan fingerprint density at radius 3 is 2.25 bits per heavy atom. The molecule has 0 aliphatic rings. The van der Waals surface area contributed by atoms with E-state index in [9.17, 15) is 0 Å². The quantitative estimate of drug-likeness (QED) is 0.823. The van der Waals surface area contributed by atoms with Crippen LogP contribution in [0.3, 0.4) is 0 Å². The monoisotopic (exact) mass is 239 g/mol. The standard InChI is InChI=1S/C14H25NS/c1-7-15-13(10(2)3)11-8-9-12(16-11)14(4,5)6/h8-10,13,15H,7H2,1-6H3. The smallest absolute Gasteiger partial charge is 0.0438 e. The molecule has 92 valence electrons. The lowest BCUT2D eigenvalue weighted by Crippen LogP contribution is -2.24. The molecule has 1 unspecified atom stereocenters. The molecule has 1 N–H and O–H groups in total. The van der Waals surface area contributed by atoms with Gasteiger partial charge in [0.1, 0.15) is 0 Å². The molecule has 0 saturated heterocycles. The average molecular weight is 239 g/mol. The van der Waals surface area contributed by atoms with Gasteiger partial charge in [-0.1, -0.05) is 41.5 Å². The summed E-state index contributed by atoms with van der Waals surface area (Å²) in [6, 6.07) is 5.08. The normalized spacial score (nSPS) is 14.4. The molecule has 1 atom stereocenters. The van der Waals surface area contributed by atoms with Crippen molar-refractivity contribution in [2.24, 2.45) is 5.92 Å². The van der Waals surface area contributed by atoms with Gasteiger partial charge in [-0.3, -0.25) is 0 Å². The van der Waals surface area contributed by atoms with E-state index in [4.69, 9.17) is 0 Å². The average Bonchev–Trinajstić information content (AvgIpc) is 2.61. The van der Waals surface area contributed by atoms with Gasteiger partial charge in [-0.15, -0.1) is 11.3 Å². The van der Waals surface area contributed by atoms with E-state index in [1.165, 1.54) is 9.75 Å². The van der Waals surface area contributed by atoms with Crippen LogP contribution in [0, 0.1) is 5.92 Å². The van der Waals surface area contributed by atoms with Crippen LogP contribution in [-0.2, 0) is 5.41 Å². The van der Waals surface area contributed by atoms with Crippen LogP contribution < -0.4 is 5.32 Å². The Balaban J connectivity index is 2.90. The molecular formula is C14H25NS. The third-order valence-corrected chi connectivity index (χ3v) is 4.36. The summed E-state index contributed by atoms with van der Waals surface area (Å²) < 4.78 is 0. The third-order valence-electron chi connectivity index (χ3n) is 2.76. The Kier molecular flexibility index (Phi) is 4.57. The number of hydrogen-bond acceptors (Lipinski definition) is 2. The van der Waals surface area contributed by atoms with Gasteiger partial charge in [0.25, 0.3) is 0 Å². The molecule has 1 aromatic rings. The fourth-order valence-electron chi connectivity index (χ4n) is 1.81. The lowest BCUT2D eigenvalue weighted by Gasteiger charge is -2.21. The molecular weight excluding hydrogens is 214 g/mol. The van der Waals surface area contributed by atoms with E-state index in [-0.39, 0.29) is 5.41 Å². The van der Waals surface area contributed by atoms with Crippen molar-refractivity contribution >= 4 is 11.3 Å². The van der Waals surface area contributed by atoms with Gasteiger partial charge in [0, 0.05) is 15.8 Å². The van der Waals surface area contributed by atoms with Crippen LogP contribution >= 0.6 is 11.3 Å². The van der Waals surface area contributed by atoms with Gasteiger partial charge in [-0.05, 0) is 30.0 Å². The van der Waals surface area contributed by atoms with E-state index in [0.29, 0.717) is 12.0 Å². The zero-order chi connectivity index (χ0) is 12.3. The van der Waals surface area contributed by atoms with Crippen molar-refractivity contribution in [1.82, 2.24) is 5.32 Å². The molecule has 0 aliphatic carbocycles. The van der Waals surface area contributed by atoms with Crippen molar-refractivity contribution in [1.29, 1.82) is 0 Å². The summed E-state index contributed by atoms with van der Waals surface area (Å²) in [6.07, 6.45) is 0. The molecule has 0 fully saturated rings. The van der Waals surface area contributed by atoms with Crippen LogP contribution in [0.25, 0.3) is 0 Å². The predicted molar refractivity (Wildman–Crippen MR) is 74.3 cm³/mol. The second kappa shape index (κ2) is 5.33. The van der Waals surface area contributed by atoms with Crippen LogP contribution in [0.15, 0.2) is 12.1 Å². The summed E-state index contributed by atoms with van der Waals surface area (Å²) in [4.78, 5) is 2.95. The number of rotatable bonds is 4. The van der Waals surface area contributed by atoms with E-state index in [1.54, 1.807) is 0 Å². The lowest BCUT2D eigenvalue weighted by molar-refractivity contribution is 0.428. The molecule has 1 aromatic heterocycles. The Bertz CT molecular complexity index is 320. The first-order valence-electron chi connectivity index (χ1n) is 6.19. The minimum Gasteiger partial charge on any atom is -0.309 e. The zero-order valence-electron chi connectivity index (χ0n) is 11.4. The molecule has 2 heteroatoms. The molecule has 0 spiro atoms. The fourth-order valence-corrected chi connectivity index (χ4v) is 3.12. The summed E-state index contributed by atoms with van der Waals surface area (Å²) in [7, 11) is 0. The first kappa shape index (κ1) is 13.7. The van der Waals surface area contributed by atoms with Gasteiger partial charge < -0.3 is 5.32 Å².